The molecule has 0 saturated carbocycles. The van der Waals surface area contributed by atoms with Gasteiger partial charge in [-0.2, -0.15) is 0 Å². The van der Waals surface area contributed by atoms with Gasteiger partial charge < -0.3 is 20.3 Å². The van der Waals surface area contributed by atoms with E-state index in [4.69, 9.17) is 4.74 Å². The van der Waals surface area contributed by atoms with E-state index in [1.54, 1.807) is 29.2 Å². The van der Waals surface area contributed by atoms with E-state index in [2.05, 4.69) is 10.6 Å². The van der Waals surface area contributed by atoms with Crippen molar-refractivity contribution in [2.75, 3.05) is 23.4 Å². The molecule has 0 spiro atoms. The standard InChI is InChI=1S/C28H29N3O4/c1-19-7-9-21(10-8-19)16-29-28(34)22-15-27(33)31(17-22)23-11-13-24(14-12-23)35-18-26(32)30-25-6-4-3-5-20(25)2/h3-14,22H,15-18H2,1-2H3,(H,29,34)(H,30,32)/t22-/m0/s1. The van der Waals surface area contributed by atoms with Crippen LogP contribution in [0.4, 0.5) is 11.4 Å². The molecular formula is C28H29N3O4. The molecule has 35 heavy (non-hydrogen) atoms. The number of ether oxygens (including phenoxy) is 1. The number of nitrogens with zero attached hydrogens (tertiary/aromatic N) is 1. The van der Waals surface area contributed by atoms with Crippen LogP contribution in [0.5, 0.6) is 5.75 Å². The Labute approximate surface area is 205 Å². The molecule has 1 saturated heterocycles. The molecule has 2 N–H and O–H groups in total. The Bertz CT molecular complexity index is 1210. The van der Waals surface area contributed by atoms with Crippen LogP contribution in [0.3, 0.4) is 0 Å². The lowest BCUT2D eigenvalue weighted by molar-refractivity contribution is -0.126. The lowest BCUT2D eigenvalue weighted by Gasteiger charge is -2.17. The van der Waals surface area contributed by atoms with Crippen LogP contribution in [0.25, 0.3) is 0 Å². The Balaban J connectivity index is 1.27. The van der Waals surface area contributed by atoms with E-state index >= 15 is 0 Å². The molecule has 1 heterocycles. The fourth-order valence-corrected chi connectivity index (χ4v) is 3.94. The van der Waals surface area contributed by atoms with E-state index in [0.717, 1.165) is 16.8 Å². The molecule has 0 aliphatic carbocycles. The van der Waals surface area contributed by atoms with Gasteiger partial charge >= 0.3 is 0 Å². The summed E-state index contributed by atoms with van der Waals surface area (Å²) in [4.78, 5) is 39.0. The summed E-state index contributed by atoms with van der Waals surface area (Å²) in [6.07, 6.45) is 0.178. The van der Waals surface area contributed by atoms with Crippen molar-refractivity contribution in [3.63, 3.8) is 0 Å². The molecule has 0 aromatic heterocycles. The van der Waals surface area contributed by atoms with Crippen molar-refractivity contribution in [3.8, 4) is 5.75 Å². The minimum atomic E-state index is -0.394. The van der Waals surface area contributed by atoms with Crippen LogP contribution in [-0.4, -0.2) is 30.9 Å². The van der Waals surface area contributed by atoms with Crippen LogP contribution in [-0.2, 0) is 20.9 Å². The van der Waals surface area contributed by atoms with E-state index in [1.807, 2.05) is 62.4 Å². The number of carbonyl (C=O) groups excluding carboxylic acids is 3. The second-order valence-corrected chi connectivity index (χ2v) is 8.75. The number of carbonyl (C=O) groups is 3. The predicted octanol–water partition coefficient (Wildman–Crippen LogP) is 3.99. The zero-order valence-electron chi connectivity index (χ0n) is 19.9. The van der Waals surface area contributed by atoms with E-state index in [9.17, 15) is 14.4 Å². The molecule has 0 unspecified atom stereocenters. The second-order valence-electron chi connectivity index (χ2n) is 8.75. The quantitative estimate of drug-likeness (QED) is 0.520. The maximum Gasteiger partial charge on any atom is 0.262 e. The number of hydrogen-bond acceptors (Lipinski definition) is 4. The molecule has 3 aromatic carbocycles. The molecule has 3 aromatic rings. The maximum atomic E-state index is 12.6. The Morgan fingerprint density at radius 3 is 2.40 bits per heavy atom. The van der Waals surface area contributed by atoms with Gasteiger partial charge in [0.15, 0.2) is 6.61 Å². The van der Waals surface area contributed by atoms with Crippen molar-refractivity contribution in [2.24, 2.45) is 5.92 Å². The second kappa shape index (κ2) is 10.9. The molecular weight excluding hydrogens is 442 g/mol. The lowest BCUT2D eigenvalue weighted by Crippen LogP contribution is -2.32. The first kappa shape index (κ1) is 24.0. The zero-order chi connectivity index (χ0) is 24.8. The van der Waals surface area contributed by atoms with Gasteiger partial charge in [-0.05, 0) is 55.3 Å². The molecule has 7 heteroatoms. The van der Waals surface area contributed by atoms with Gasteiger partial charge in [0, 0.05) is 30.9 Å². The summed E-state index contributed by atoms with van der Waals surface area (Å²) in [6, 6.07) is 22.5. The molecule has 0 bridgehead atoms. The van der Waals surface area contributed by atoms with Gasteiger partial charge in [-0.3, -0.25) is 14.4 Å². The number of aryl methyl sites for hydroxylation is 2. The predicted molar refractivity (Wildman–Crippen MR) is 135 cm³/mol. The normalized spacial score (nSPS) is 15.1. The topological polar surface area (TPSA) is 87.7 Å². The van der Waals surface area contributed by atoms with Crippen LogP contribution in [0.1, 0.15) is 23.1 Å². The number of amides is 3. The summed E-state index contributed by atoms with van der Waals surface area (Å²) in [6.45, 7) is 4.58. The molecule has 1 atom stereocenters. The minimum absolute atomic E-state index is 0.0910. The zero-order valence-corrected chi connectivity index (χ0v) is 19.9. The van der Waals surface area contributed by atoms with E-state index < -0.39 is 5.92 Å². The average Bonchev–Trinajstić information content (AvgIpc) is 3.25. The van der Waals surface area contributed by atoms with Gasteiger partial charge in [-0.25, -0.2) is 0 Å². The Morgan fingerprint density at radius 1 is 0.971 bits per heavy atom. The Hall–Kier alpha value is -4.13. The highest BCUT2D eigenvalue weighted by Gasteiger charge is 2.35. The fraction of sp³-hybridized carbons (Fsp3) is 0.250. The average molecular weight is 472 g/mol. The van der Waals surface area contributed by atoms with Crippen molar-refractivity contribution in [3.05, 3.63) is 89.5 Å². The summed E-state index contributed by atoms with van der Waals surface area (Å²) in [5, 5.41) is 5.76. The van der Waals surface area contributed by atoms with Crippen molar-refractivity contribution in [1.29, 1.82) is 0 Å². The Morgan fingerprint density at radius 2 is 1.69 bits per heavy atom. The minimum Gasteiger partial charge on any atom is -0.484 e. The highest BCUT2D eigenvalue weighted by molar-refractivity contribution is 6.00. The third-order valence-electron chi connectivity index (χ3n) is 6.02. The molecule has 180 valence electrons. The van der Waals surface area contributed by atoms with Crippen LogP contribution >= 0.6 is 0 Å². The lowest BCUT2D eigenvalue weighted by atomic mass is 10.1. The van der Waals surface area contributed by atoms with Crippen molar-refractivity contribution in [1.82, 2.24) is 5.32 Å². The smallest absolute Gasteiger partial charge is 0.262 e. The number of anilines is 2. The van der Waals surface area contributed by atoms with Crippen molar-refractivity contribution >= 4 is 29.1 Å². The van der Waals surface area contributed by atoms with Gasteiger partial charge in [0.2, 0.25) is 11.8 Å². The van der Waals surface area contributed by atoms with Gasteiger partial charge in [-0.1, -0.05) is 48.0 Å². The SMILES string of the molecule is Cc1ccc(CNC(=O)[C@H]2CC(=O)N(c3ccc(OCC(=O)Nc4ccccc4C)cc3)C2)cc1. The maximum absolute atomic E-state index is 12.6. The number of rotatable bonds is 8. The van der Waals surface area contributed by atoms with Gasteiger partial charge in [0.1, 0.15) is 5.75 Å². The third-order valence-corrected chi connectivity index (χ3v) is 6.02. The first-order chi connectivity index (χ1) is 16.9. The van der Waals surface area contributed by atoms with Crippen LogP contribution in [0.2, 0.25) is 0 Å². The van der Waals surface area contributed by atoms with Gasteiger partial charge in [-0.15, -0.1) is 0 Å². The molecule has 7 nitrogen and oxygen atoms in total. The van der Waals surface area contributed by atoms with Gasteiger partial charge in [0.25, 0.3) is 5.91 Å². The number of benzene rings is 3. The summed E-state index contributed by atoms with van der Waals surface area (Å²) >= 11 is 0. The van der Waals surface area contributed by atoms with Crippen LogP contribution in [0.15, 0.2) is 72.8 Å². The number of hydrogen-bond donors (Lipinski definition) is 2. The Kier molecular flexibility index (Phi) is 7.45. The monoisotopic (exact) mass is 471 g/mol. The van der Waals surface area contributed by atoms with E-state index in [1.165, 1.54) is 5.56 Å². The van der Waals surface area contributed by atoms with Crippen LogP contribution < -0.4 is 20.3 Å². The summed E-state index contributed by atoms with van der Waals surface area (Å²) in [5.41, 5.74) is 4.61. The van der Waals surface area contributed by atoms with Crippen LogP contribution in [0, 0.1) is 19.8 Å². The summed E-state index contributed by atoms with van der Waals surface area (Å²) in [7, 11) is 0. The van der Waals surface area contributed by atoms with E-state index in [-0.39, 0.29) is 30.7 Å². The van der Waals surface area contributed by atoms with E-state index in [0.29, 0.717) is 24.5 Å². The van der Waals surface area contributed by atoms with Crippen molar-refractivity contribution in [2.45, 2.75) is 26.8 Å². The molecule has 1 aliphatic rings. The molecule has 4 rings (SSSR count). The highest BCUT2D eigenvalue weighted by Crippen LogP contribution is 2.27. The summed E-state index contributed by atoms with van der Waals surface area (Å²) < 4.78 is 5.59. The molecule has 3 amide bonds. The first-order valence-corrected chi connectivity index (χ1v) is 11.6. The number of para-hydroxylation sites is 1. The molecule has 1 aliphatic heterocycles. The number of nitrogens with one attached hydrogen (secondary N) is 2. The first-order valence-electron chi connectivity index (χ1n) is 11.6. The van der Waals surface area contributed by atoms with Crippen molar-refractivity contribution < 1.29 is 19.1 Å². The highest BCUT2D eigenvalue weighted by atomic mass is 16.5. The summed E-state index contributed by atoms with van der Waals surface area (Å²) in [5.74, 6) is -0.341. The third kappa shape index (κ3) is 6.26. The molecule has 1 fully saturated rings. The largest absolute Gasteiger partial charge is 0.484 e. The fourth-order valence-electron chi connectivity index (χ4n) is 3.94. The van der Waals surface area contributed by atoms with Gasteiger partial charge in [0.05, 0.1) is 5.92 Å². The molecule has 0 radical (unpaired) electrons.